The summed E-state index contributed by atoms with van der Waals surface area (Å²) in [5, 5.41) is 2.59. The summed E-state index contributed by atoms with van der Waals surface area (Å²) < 4.78 is 54.1. The molecule has 0 aliphatic heterocycles. The average Bonchev–Trinajstić information content (AvgIpc) is 2.94. The molecule has 3 N–H and O–H groups in total. The second-order valence-corrected chi connectivity index (χ2v) is 6.01. The molecule has 1 aromatic carbocycles. The third-order valence-corrected chi connectivity index (χ3v) is 4.22. The molecule has 0 amide bonds. The maximum absolute atomic E-state index is 14.2. The number of rotatable bonds is 6. The maximum atomic E-state index is 14.2. The zero-order chi connectivity index (χ0) is 15.5. The lowest BCUT2D eigenvalue weighted by Gasteiger charge is -2.10. The summed E-state index contributed by atoms with van der Waals surface area (Å²) in [6.07, 6.45) is 2.84. The van der Waals surface area contributed by atoms with Gasteiger partial charge in [0.15, 0.2) is 5.82 Å². The van der Waals surface area contributed by atoms with Crippen LogP contribution in [0.2, 0.25) is 0 Å². The molecular weight excluding hydrogens is 302 g/mol. The second kappa shape index (κ2) is 6.29. The van der Waals surface area contributed by atoms with Crippen LogP contribution >= 0.6 is 0 Å². The molecule has 0 aliphatic rings. The van der Waals surface area contributed by atoms with E-state index < -0.39 is 26.6 Å². The minimum Gasteiger partial charge on any atom is -0.347 e. The zero-order valence-electron chi connectivity index (χ0n) is 11.2. The molecule has 6 nitrogen and oxygen atoms in total. The number of imidazole rings is 1. The normalized spacial score (nSPS) is 11.8. The molecule has 0 radical (unpaired) electrons. The van der Waals surface area contributed by atoms with Crippen LogP contribution in [0.1, 0.15) is 11.3 Å². The van der Waals surface area contributed by atoms with E-state index in [9.17, 15) is 17.2 Å². The van der Waals surface area contributed by atoms with Crippen molar-refractivity contribution in [1.29, 1.82) is 0 Å². The fourth-order valence-corrected chi connectivity index (χ4v) is 2.86. The smallest absolute Gasteiger partial charge is 0.243 e. The molecule has 1 aromatic heterocycles. The Morgan fingerprint density at radius 2 is 2.05 bits per heavy atom. The average molecular weight is 316 g/mol. The summed E-state index contributed by atoms with van der Waals surface area (Å²) >= 11 is 0. The van der Waals surface area contributed by atoms with Gasteiger partial charge in [-0.25, -0.2) is 26.9 Å². The fourth-order valence-electron chi connectivity index (χ4n) is 1.75. The number of hydrogen-bond acceptors (Lipinski definition) is 4. The van der Waals surface area contributed by atoms with Crippen molar-refractivity contribution >= 4 is 10.0 Å². The van der Waals surface area contributed by atoms with E-state index in [2.05, 4.69) is 20.0 Å². The van der Waals surface area contributed by atoms with E-state index in [1.807, 2.05) is 0 Å². The van der Waals surface area contributed by atoms with Gasteiger partial charge in [-0.3, -0.25) is 0 Å². The predicted octanol–water partition coefficient (Wildman–Crippen LogP) is 0.886. The van der Waals surface area contributed by atoms with Gasteiger partial charge in [0.05, 0.1) is 12.9 Å². The Hall–Kier alpha value is -1.84. The molecule has 2 aromatic rings. The first-order chi connectivity index (χ1) is 9.95. The Bertz CT molecular complexity index is 717. The molecule has 2 rings (SSSR count). The molecule has 0 fully saturated rings. The van der Waals surface area contributed by atoms with Crippen LogP contribution in [0, 0.1) is 11.6 Å². The van der Waals surface area contributed by atoms with E-state index >= 15 is 0 Å². The molecule has 9 heteroatoms. The van der Waals surface area contributed by atoms with Crippen LogP contribution in [0.15, 0.2) is 29.6 Å². The van der Waals surface area contributed by atoms with E-state index in [-0.39, 0.29) is 18.7 Å². The molecule has 0 saturated carbocycles. The van der Waals surface area contributed by atoms with E-state index in [1.165, 1.54) is 19.6 Å². The standard InChI is InChI=1S/C12H14F2N4O2S/c1-15-6-9-10(13)2-3-11(12(9)14)21(19,20)18-5-8-4-16-7-17-8/h2-4,7,15,18H,5-6H2,1H3,(H,16,17). The number of aromatic nitrogens is 2. The summed E-state index contributed by atoms with van der Waals surface area (Å²) in [5.41, 5.74) is 0.207. The third kappa shape index (κ3) is 3.43. The number of halogens is 2. The van der Waals surface area contributed by atoms with Crippen molar-refractivity contribution in [2.45, 2.75) is 18.0 Å². The van der Waals surface area contributed by atoms with Crippen molar-refractivity contribution in [2.75, 3.05) is 7.05 Å². The third-order valence-electron chi connectivity index (χ3n) is 2.80. The van der Waals surface area contributed by atoms with E-state index in [4.69, 9.17) is 0 Å². The van der Waals surface area contributed by atoms with Gasteiger partial charge in [-0.15, -0.1) is 0 Å². The quantitative estimate of drug-likeness (QED) is 0.738. The van der Waals surface area contributed by atoms with Crippen molar-refractivity contribution < 1.29 is 17.2 Å². The number of hydrogen-bond donors (Lipinski definition) is 3. The molecule has 0 saturated heterocycles. The van der Waals surface area contributed by atoms with E-state index in [1.54, 1.807) is 0 Å². The van der Waals surface area contributed by atoms with Gasteiger partial charge in [-0.1, -0.05) is 0 Å². The zero-order valence-corrected chi connectivity index (χ0v) is 12.0. The van der Waals surface area contributed by atoms with Gasteiger partial charge in [0.2, 0.25) is 10.0 Å². The summed E-state index contributed by atoms with van der Waals surface area (Å²) in [6, 6.07) is 1.83. The van der Waals surface area contributed by atoms with Crippen LogP contribution < -0.4 is 10.0 Å². The lowest BCUT2D eigenvalue weighted by Crippen LogP contribution is -2.25. The van der Waals surface area contributed by atoms with Crippen molar-refractivity contribution in [2.24, 2.45) is 0 Å². The number of H-pyrrole nitrogens is 1. The Morgan fingerprint density at radius 3 is 2.67 bits per heavy atom. The Kier molecular flexibility index (Phi) is 4.66. The number of sulfonamides is 1. The van der Waals surface area contributed by atoms with Crippen LogP contribution in [0.25, 0.3) is 0 Å². The Morgan fingerprint density at radius 1 is 1.29 bits per heavy atom. The molecule has 0 atom stereocenters. The second-order valence-electron chi connectivity index (χ2n) is 4.27. The first-order valence-electron chi connectivity index (χ1n) is 6.04. The topological polar surface area (TPSA) is 86.9 Å². The molecule has 21 heavy (non-hydrogen) atoms. The van der Waals surface area contributed by atoms with Crippen LogP contribution in [0.4, 0.5) is 8.78 Å². The molecule has 114 valence electrons. The lowest BCUT2D eigenvalue weighted by molar-refractivity contribution is 0.517. The highest BCUT2D eigenvalue weighted by Crippen LogP contribution is 2.21. The van der Waals surface area contributed by atoms with Crippen molar-refractivity contribution in [3.63, 3.8) is 0 Å². The Balaban J connectivity index is 2.29. The number of benzene rings is 1. The van der Waals surface area contributed by atoms with E-state index in [0.717, 1.165) is 12.1 Å². The van der Waals surface area contributed by atoms with Crippen LogP contribution in [-0.2, 0) is 23.1 Å². The van der Waals surface area contributed by atoms with Crippen LogP contribution in [0.5, 0.6) is 0 Å². The summed E-state index contributed by atoms with van der Waals surface area (Å²) in [7, 11) is -2.58. The number of aromatic amines is 1. The van der Waals surface area contributed by atoms with Gasteiger partial charge in [0.25, 0.3) is 0 Å². The fraction of sp³-hybridized carbons (Fsp3) is 0.250. The van der Waals surface area contributed by atoms with Crippen molar-refractivity contribution in [3.05, 3.63) is 47.5 Å². The molecule has 0 unspecified atom stereocenters. The predicted molar refractivity (Wildman–Crippen MR) is 71.7 cm³/mol. The number of nitrogens with zero attached hydrogens (tertiary/aromatic N) is 1. The monoisotopic (exact) mass is 316 g/mol. The highest BCUT2D eigenvalue weighted by molar-refractivity contribution is 7.89. The lowest BCUT2D eigenvalue weighted by atomic mass is 10.2. The minimum absolute atomic E-state index is 0.0689. The first-order valence-corrected chi connectivity index (χ1v) is 7.52. The van der Waals surface area contributed by atoms with Crippen LogP contribution in [-0.4, -0.2) is 25.4 Å². The van der Waals surface area contributed by atoms with Gasteiger partial charge in [0, 0.05) is 24.0 Å². The highest BCUT2D eigenvalue weighted by atomic mass is 32.2. The van der Waals surface area contributed by atoms with Gasteiger partial charge >= 0.3 is 0 Å². The van der Waals surface area contributed by atoms with Gasteiger partial charge in [-0.2, -0.15) is 0 Å². The highest BCUT2D eigenvalue weighted by Gasteiger charge is 2.23. The van der Waals surface area contributed by atoms with Crippen LogP contribution in [0.3, 0.4) is 0 Å². The summed E-state index contributed by atoms with van der Waals surface area (Å²) in [5.74, 6) is -1.89. The van der Waals surface area contributed by atoms with Gasteiger partial charge in [-0.05, 0) is 19.2 Å². The molecule has 0 spiro atoms. The first kappa shape index (κ1) is 15.5. The molecule has 0 bridgehead atoms. The summed E-state index contributed by atoms with van der Waals surface area (Å²) in [6.45, 7) is -0.178. The van der Waals surface area contributed by atoms with Crippen molar-refractivity contribution in [3.8, 4) is 0 Å². The van der Waals surface area contributed by atoms with Gasteiger partial charge in [0.1, 0.15) is 10.7 Å². The number of nitrogens with one attached hydrogen (secondary N) is 3. The molecular formula is C12H14F2N4O2S. The maximum Gasteiger partial charge on any atom is 0.243 e. The largest absolute Gasteiger partial charge is 0.347 e. The Labute approximate surface area is 120 Å². The minimum atomic E-state index is -4.09. The molecule has 0 aliphatic carbocycles. The summed E-state index contributed by atoms with van der Waals surface area (Å²) in [4.78, 5) is 5.87. The van der Waals surface area contributed by atoms with Gasteiger partial charge < -0.3 is 10.3 Å². The SMILES string of the molecule is CNCc1c(F)ccc(S(=O)(=O)NCc2cnc[nH]2)c1F. The van der Waals surface area contributed by atoms with Crippen molar-refractivity contribution in [1.82, 2.24) is 20.0 Å². The molecule has 1 heterocycles. The van der Waals surface area contributed by atoms with E-state index in [0.29, 0.717) is 5.69 Å².